The minimum atomic E-state index is -4.34. The van der Waals surface area contributed by atoms with E-state index in [1.54, 1.807) is 24.3 Å². The van der Waals surface area contributed by atoms with Gasteiger partial charge in [0.2, 0.25) is 5.95 Å². The second kappa shape index (κ2) is 10.7. The average Bonchev–Trinajstić information content (AvgIpc) is 3.32. The van der Waals surface area contributed by atoms with E-state index in [0.29, 0.717) is 30.2 Å². The Kier molecular flexibility index (Phi) is 7.51. The average molecular weight is 481 g/mol. The number of hydrogen-bond acceptors (Lipinski definition) is 6. The summed E-state index contributed by atoms with van der Waals surface area (Å²) >= 11 is 0. The molecule has 0 aliphatic carbocycles. The third-order valence-corrected chi connectivity index (χ3v) is 5.88. The summed E-state index contributed by atoms with van der Waals surface area (Å²) in [7, 11) is 0. The largest absolute Gasteiger partial charge is 0.416 e. The van der Waals surface area contributed by atoms with Crippen molar-refractivity contribution in [3.05, 3.63) is 77.0 Å². The fourth-order valence-electron chi connectivity index (χ4n) is 4.14. The number of alkyl halides is 3. The summed E-state index contributed by atoms with van der Waals surface area (Å²) in [4.78, 5) is 11.5. The zero-order valence-corrected chi connectivity index (χ0v) is 19.4. The van der Waals surface area contributed by atoms with Crippen LogP contribution < -0.4 is 15.5 Å². The molecule has 9 heteroatoms. The molecule has 4 rings (SSSR count). The van der Waals surface area contributed by atoms with Crippen molar-refractivity contribution in [2.75, 3.05) is 23.3 Å². The van der Waals surface area contributed by atoms with Crippen LogP contribution in [0.5, 0.6) is 0 Å². The third-order valence-electron chi connectivity index (χ3n) is 5.88. The van der Waals surface area contributed by atoms with E-state index < -0.39 is 11.7 Å². The monoisotopic (exact) mass is 480 g/mol. The summed E-state index contributed by atoms with van der Waals surface area (Å²) in [5, 5.41) is 15.7. The van der Waals surface area contributed by atoms with Crippen LogP contribution in [-0.4, -0.2) is 29.1 Å². The zero-order chi connectivity index (χ0) is 24.8. The van der Waals surface area contributed by atoms with Gasteiger partial charge in [0.25, 0.3) is 0 Å². The van der Waals surface area contributed by atoms with Gasteiger partial charge in [-0.2, -0.15) is 23.4 Å². The lowest BCUT2D eigenvalue weighted by atomic mass is 10.1. The van der Waals surface area contributed by atoms with Crippen LogP contribution in [0.15, 0.2) is 54.6 Å². The van der Waals surface area contributed by atoms with Gasteiger partial charge in [-0.3, -0.25) is 0 Å². The summed E-state index contributed by atoms with van der Waals surface area (Å²) in [5.41, 5.74) is 2.20. The standard InChI is InChI=1S/C26H27F3N6/c1-2-5-21-14-24(34-25(32-21)33-22-9-4-6-18(13-22)15-30)35-11-10-23(17-35)31-16-19-7-3-8-20(12-19)26(27,28)29/h3-4,6-9,12-14,23,31H,2,5,10-11,16-17H2,1H3,(H,32,33,34). The first-order chi connectivity index (χ1) is 16.8. The van der Waals surface area contributed by atoms with Crippen LogP contribution in [0.3, 0.4) is 0 Å². The van der Waals surface area contributed by atoms with E-state index >= 15 is 0 Å². The molecule has 1 aromatic heterocycles. The Morgan fingerprint density at radius 2 is 1.94 bits per heavy atom. The lowest BCUT2D eigenvalue weighted by Crippen LogP contribution is -2.32. The van der Waals surface area contributed by atoms with Gasteiger partial charge in [0.15, 0.2) is 0 Å². The zero-order valence-electron chi connectivity index (χ0n) is 19.4. The second-order valence-electron chi connectivity index (χ2n) is 8.62. The Morgan fingerprint density at radius 1 is 1.11 bits per heavy atom. The van der Waals surface area contributed by atoms with Gasteiger partial charge >= 0.3 is 6.18 Å². The smallest absolute Gasteiger partial charge is 0.355 e. The molecule has 2 N–H and O–H groups in total. The predicted molar refractivity (Wildman–Crippen MR) is 129 cm³/mol. The normalized spacial score (nSPS) is 15.7. The van der Waals surface area contributed by atoms with Crippen molar-refractivity contribution < 1.29 is 13.2 Å². The van der Waals surface area contributed by atoms with Gasteiger partial charge in [-0.25, -0.2) is 4.98 Å². The molecule has 2 heterocycles. The second-order valence-corrected chi connectivity index (χ2v) is 8.62. The minimum Gasteiger partial charge on any atom is -0.355 e. The topological polar surface area (TPSA) is 76.9 Å². The SMILES string of the molecule is CCCc1cc(N2CCC(NCc3cccc(C(F)(F)F)c3)C2)nc(Nc2cccc(C#N)c2)n1. The molecular formula is C26H27F3N6. The number of nitriles is 1. The number of nitrogens with one attached hydrogen (secondary N) is 2. The molecule has 1 saturated heterocycles. The van der Waals surface area contributed by atoms with Gasteiger partial charge < -0.3 is 15.5 Å². The van der Waals surface area contributed by atoms with Crippen LogP contribution in [0, 0.1) is 11.3 Å². The van der Waals surface area contributed by atoms with Crippen molar-refractivity contribution in [2.45, 2.75) is 44.9 Å². The van der Waals surface area contributed by atoms with Crippen LogP contribution >= 0.6 is 0 Å². The number of aryl methyl sites for hydroxylation is 1. The number of nitrogens with zero attached hydrogens (tertiary/aromatic N) is 4. The summed E-state index contributed by atoms with van der Waals surface area (Å²) in [5.74, 6) is 1.28. The molecule has 182 valence electrons. The van der Waals surface area contributed by atoms with Gasteiger partial charge in [-0.15, -0.1) is 0 Å². The maximum absolute atomic E-state index is 13.0. The molecule has 0 radical (unpaired) electrons. The number of anilines is 3. The first-order valence-electron chi connectivity index (χ1n) is 11.6. The van der Waals surface area contributed by atoms with E-state index in [1.807, 2.05) is 12.1 Å². The van der Waals surface area contributed by atoms with Crippen LogP contribution in [0.2, 0.25) is 0 Å². The van der Waals surface area contributed by atoms with Gasteiger partial charge in [0, 0.05) is 43.1 Å². The van der Waals surface area contributed by atoms with Crippen LogP contribution in [0.1, 0.15) is 42.1 Å². The highest BCUT2D eigenvalue weighted by atomic mass is 19.4. The van der Waals surface area contributed by atoms with Crippen molar-refractivity contribution in [2.24, 2.45) is 0 Å². The van der Waals surface area contributed by atoms with Crippen molar-refractivity contribution >= 4 is 17.5 Å². The van der Waals surface area contributed by atoms with E-state index in [4.69, 9.17) is 10.2 Å². The number of halogens is 3. The molecule has 2 aromatic carbocycles. The molecule has 3 aromatic rings. The van der Waals surface area contributed by atoms with Gasteiger partial charge in [0.1, 0.15) is 5.82 Å². The van der Waals surface area contributed by atoms with E-state index in [0.717, 1.165) is 49.1 Å². The summed E-state index contributed by atoms with van der Waals surface area (Å²) in [6, 6.07) is 16.8. The molecular weight excluding hydrogens is 453 g/mol. The molecule has 0 amide bonds. The Hall–Kier alpha value is -3.64. The van der Waals surface area contributed by atoms with Gasteiger partial charge in [-0.05, 0) is 42.7 Å². The molecule has 0 spiro atoms. The summed E-state index contributed by atoms with van der Waals surface area (Å²) in [6.07, 6.45) is -1.72. The number of benzene rings is 2. The third kappa shape index (κ3) is 6.49. The molecule has 35 heavy (non-hydrogen) atoms. The lowest BCUT2D eigenvalue weighted by Gasteiger charge is -2.20. The fraction of sp³-hybridized carbons (Fsp3) is 0.346. The molecule has 0 saturated carbocycles. The van der Waals surface area contributed by atoms with E-state index in [2.05, 4.69) is 33.5 Å². The molecule has 1 aliphatic heterocycles. The quantitative estimate of drug-likeness (QED) is 0.448. The molecule has 1 aliphatic rings. The highest BCUT2D eigenvalue weighted by molar-refractivity contribution is 5.58. The van der Waals surface area contributed by atoms with Crippen molar-refractivity contribution in [1.82, 2.24) is 15.3 Å². The van der Waals surface area contributed by atoms with E-state index in [-0.39, 0.29) is 6.04 Å². The van der Waals surface area contributed by atoms with E-state index in [9.17, 15) is 13.2 Å². The first-order valence-corrected chi connectivity index (χ1v) is 11.6. The minimum absolute atomic E-state index is 0.137. The maximum Gasteiger partial charge on any atom is 0.416 e. The first kappa shape index (κ1) is 24.5. The van der Waals surface area contributed by atoms with Crippen LogP contribution in [0.4, 0.5) is 30.6 Å². The summed E-state index contributed by atoms with van der Waals surface area (Å²) in [6.45, 7) is 3.95. The number of aromatic nitrogens is 2. The molecule has 1 fully saturated rings. The lowest BCUT2D eigenvalue weighted by molar-refractivity contribution is -0.137. The Balaban J connectivity index is 1.43. The van der Waals surface area contributed by atoms with Gasteiger partial charge in [0.05, 0.1) is 17.2 Å². The predicted octanol–water partition coefficient (Wildman–Crippen LogP) is 5.43. The molecule has 0 bridgehead atoms. The maximum atomic E-state index is 13.0. The van der Waals surface area contributed by atoms with Crippen LogP contribution in [-0.2, 0) is 19.1 Å². The Bertz CT molecular complexity index is 1200. The fourth-order valence-corrected chi connectivity index (χ4v) is 4.14. The molecule has 6 nitrogen and oxygen atoms in total. The Labute approximate surface area is 202 Å². The van der Waals surface area contributed by atoms with Crippen molar-refractivity contribution in [3.63, 3.8) is 0 Å². The molecule has 1 atom stereocenters. The van der Waals surface area contributed by atoms with Crippen molar-refractivity contribution in [3.8, 4) is 6.07 Å². The van der Waals surface area contributed by atoms with E-state index in [1.165, 1.54) is 12.1 Å². The highest BCUT2D eigenvalue weighted by Gasteiger charge is 2.30. The van der Waals surface area contributed by atoms with Crippen LogP contribution in [0.25, 0.3) is 0 Å². The Morgan fingerprint density at radius 3 is 2.71 bits per heavy atom. The number of rotatable bonds is 8. The highest BCUT2D eigenvalue weighted by Crippen LogP contribution is 2.29. The number of hydrogen-bond donors (Lipinski definition) is 2. The summed E-state index contributed by atoms with van der Waals surface area (Å²) < 4.78 is 39.0. The molecule has 1 unspecified atom stereocenters. The van der Waals surface area contributed by atoms with Crippen molar-refractivity contribution in [1.29, 1.82) is 5.26 Å². The van der Waals surface area contributed by atoms with Gasteiger partial charge in [-0.1, -0.05) is 37.6 Å².